The summed E-state index contributed by atoms with van der Waals surface area (Å²) < 4.78 is 0. The lowest BCUT2D eigenvalue weighted by molar-refractivity contribution is -0.00754. The van der Waals surface area contributed by atoms with Gasteiger partial charge in [-0.1, -0.05) is 39.5 Å². The van der Waals surface area contributed by atoms with Gasteiger partial charge in [-0.2, -0.15) is 0 Å². The summed E-state index contributed by atoms with van der Waals surface area (Å²) in [5.74, 6) is 0.717. The first-order valence-corrected chi connectivity index (χ1v) is 6.63. The van der Waals surface area contributed by atoms with Gasteiger partial charge in [-0.05, 0) is 31.7 Å². The number of rotatable bonds is 6. The number of nitrogens with one attached hydrogen (secondary N) is 1. The largest absolute Gasteiger partial charge is 0.389 e. The molecule has 0 saturated carbocycles. The van der Waals surface area contributed by atoms with Gasteiger partial charge in [0.1, 0.15) is 0 Å². The highest BCUT2D eigenvalue weighted by Crippen LogP contribution is 2.28. The highest BCUT2D eigenvalue weighted by atomic mass is 16.3. The summed E-state index contributed by atoms with van der Waals surface area (Å²) >= 11 is 0. The molecule has 0 aromatic carbocycles. The molecule has 15 heavy (non-hydrogen) atoms. The zero-order valence-electron chi connectivity index (χ0n) is 10.4. The fraction of sp³-hybridized carbons (Fsp3) is 1.00. The molecule has 0 radical (unpaired) electrons. The van der Waals surface area contributed by atoms with Crippen molar-refractivity contribution in [3.05, 3.63) is 0 Å². The van der Waals surface area contributed by atoms with E-state index in [1.807, 2.05) is 0 Å². The van der Waals surface area contributed by atoms with Crippen LogP contribution in [0, 0.1) is 5.92 Å². The van der Waals surface area contributed by atoms with Crippen LogP contribution in [-0.4, -0.2) is 23.8 Å². The third-order valence-corrected chi connectivity index (χ3v) is 3.66. The SMILES string of the molecule is CCCCC(CC)CC1(O)CCCNC1. The predicted molar refractivity (Wildman–Crippen MR) is 65.0 cm³/mol. The quantitative estimate of drug-likeness (QED) is 0.711. The molecule has 2 unspecified atom stereocenters. The van der Waals surface area contributed by atoms with E-state index in [2.05, 4.69) is 19.2 Å². The van der Waals surface area contributed by atoms with E-state index in [0.29, 0.717) is 0 Å². The summed E-state index contributed by atoms with van der Waals surface area (Å²) in [7, 11) is 0. The molecular formula is C13H27NO. The van der Waals surface area contributed by atoms with Crippen molar-refractivity contribution >= 4 is 0 Å². The standard InChI is InChI=1S/C13H27NO/c1-3-5-7-12(4-2)10-13(15)8-6-9-14-11-13/h12,14-15H,3-11H2,1-2H3. The molecule has 0 aliphatic carbocycles. The molecule has 1 aliphatic rings. The van der Waals surface area contributed by atoms with Crippen LogP contribution in [0.25, 0.3) is 0 Å². The van der Waals surface area contributed by atoms with E-state index in [-0.39, 0.29) is 0 Å². The van der Waals surface area contributed by atoms with Gasteiger partial charge in [0.25, 0.3) is 0 Å². The molecule has 0 aromatic heterocycles. The number of β-amino-alcohol motifs (C(OH)–C–C–N with tert-alkyl or cyclic N) is 1. The van der Waals surface area contributed by atoms with Crippen LogP contribution in [0.15, 0.2) is 0 Å². The molecule has 1 rings (SSSR count). The van der Waals surface area contributed by atoms with Crippen molar-refractivity contribution in [1.82, 2.24) is 5.32 Å². The molecule has 0 amide bonds. The van der Waals surface area contributed by atoms with E-state index in [1.165, 1.54) is 25.7 Å². The van der Waals surface area contributed by atoms with Gasteiger partial charge >= 0.3 is 0 Å². The van der Waals surface area contributed by atoms with Crippen molar-refractivity contribution < 1.29 is 5.11 Å². The van der Waals surface area contributed by atoms with Crippen LogP contribution in [0.5, 0.6) is 0 Å². The first-order chi connectivity index (χ1) is 7.20. The Morgan fingerprint density at radius 1 is 1.40 bits per heavy atom. The second-order valence-electron chi connectivity index (χ2n) is 5.13. The maximum atomic E-state index is 10.4. The van der Waals surface area contributed by atoms with Crippen molar-refractivity contribution in [3.8, 4) is 0 Å². The first kappa shape index (κ1) is 13.0. The van der Waals surface area contributed by atoms with Gasteiger partial charge in [0.05, 0.1) is 5.60 Å². The van der Waals surface area contributed by atoms with Crippen LogP contribution in [0.4, 0.5) is 0 Å². The van der Waals surface area contributed by atoms with Crippen molar-refractivity contribution in [2.75, 3.05) is 13.1 Å². The van der Waals surface area contributed by atoms with Gasteiger partial charge in [-0.25, -0.2) is 0 Å². The number of hydrogen-bond acceptors (Lipinski definition) is 2. The third-order valence-electron chi connectivity index (χ3n) is 3.66. The van der Waals surface area contributed by atoms with Crippen LogP contribution >= 0.6 is 0 Å². The Hall–Kier alpha value is -0.0800. The average Bonchev–Trinajstić information content (AvgIpc) is 2.25. The lowest BCUT2D eigenvalue weighted by Crippen LogP contribution is -2.46. The normalized spacial score (nSPS) is 29.0. The van der Waals surface area contributed by atoms with Gasteiger partial charge in [0, 0.05) is 6.54 Å². The van der Waals surface area contributed by atoms with Crippen LogP contribution in [-0.2, 0) is 0 Å². The lowest BCUT2D eigenvalue weighted by Gasteiger charge is -2.35. The summed E-state index contributed by atoms with van der Waals surface area (Å²) in [5.41, 5.74) is -0.410. The smallest absolute Gasteiger partial charge is 0.0774 e. The topological polar surface area (TPSA) is 32.3 Å². The minimum atomic E-state index is -0.410. The minimum Gasteiger partial charge on any atom is -0.389 e. The molecule has 1 heterocycles. The molecule has 1 fully saturated rings. The van der Waals surface area contributed by atoms with Gasteiger partial charge in [0.15, 0.2) is 0 Å². The van der Waals surface area contributed by atoms with Crippen molar-refractivity contribution in [2.45, 2.75) is 64.4 Å². The predicted octanol–water partition coefficient (Wildman–Crippen LogP) is 2.71. The highest BCUT2D eigenvalue weighted by Gasteiger charge is 2.31. The Labute approximate surface area is 94.5 Å². The van der Waals surface area contributed by atoms with Gasteiger partial charge in [0.2, 0.25) is 0 Å². The summed E-state index contributed by atoms with van der Waals surface area (Å²) in [6.45, 7) is 6.37. The van der Waals surface area contributed by atoms with Gasteiger partial charge in [-0.15, -0.1) is 0 Å². The lowest BCUT2D eigenvalue weighted by atomic mass is 9.82. The molecule has 1 saturated heterocycles. The molecule has 1 aliphatic heterocycles. The zero-order chi connectivity index (χ0) is 11.1. The average molecular weight is 213 g/mol. The highest BCUT2D eigenvalue weighted by molar-refractivity contribution is 4.87. The fourth-order valence-corrected chi connectivity index (χ4v) is 2.61. The van der Waals surface area contributed by atoms with Gasteiger partial charge in [-0.3, -0.25) is 0 Å². The molecule has 2 nitrogen and oxygen atoms in total. The zero-order valence-corrected chi connectivity index (χ0v) is 10.4. The Balaban J connectivity index is 2.34. The number of hydrogen-bond donors (Lipinski definition) is 2. The molecule has 0 spiro atoms. The molecule has 2 N–H and O–H groups in total. The first-order valence-electron chi connectivity index (χ1n) is 6.63. The molecule has 2 heteroatoms. The minimum absolute atomic E-state index is 0.410. The Kier molecular flexibility index (Phi) is 5.62. The third kappa shape index (κ3) is 4.52. The second kappa shape index (κ2) is 6.49. The molecule has 90 valence electrons. The Morgan fingerprint density at radius 2 is 2.20 bits per heavy atom. The molecule has 0 aromatic rings. The number of piperidine rings is 1. The summed E-state index contributed by atoms with van der Waals surface area (Å²) in [5, 5.41) is 13.7. The molecular weight excluding hydrogens is 186 g/mol. The van der Waals surface area contributed by atoms with E-state index >= 15 is 0 Å². The van der Waals surface area contributed by atoms with E-state index in [4.69, 9.17) is 0 Å². The van der Waals surface area contributed by atoms with E-state index in [0.717, 1.165) is 38.3 Å². The number of unbranched alkanes of at least 4 members (excludes halogenated alkanes) is 1. The summed E-state index contributed by atoms with van der Waals surface area (Å²) in [6.07, 6.45) is 8.19. The van der Waals surface area contributed by atoms with E-state index < -0.39 is 5.60 Å². The van der Waals surface area contributed by atoms with Crippen LogP contribution in [0.1, 0.15) is 58.8 Å². The van der Waals surface area contributed by atoms with Crippen LogP contribution in [0.2, 0.25) is 0 Å². The van der Waals surface area contributed by atoms with Crippen molar-refractivity contribution in [1.29, 1.82) is 0 Å². The Bertz CT molecular complexity index is 164. The summed E-state index contributed by atoms with van der Waals surface area (Å²) in [4.78, 5) is 0. The maximum absolute atomic E-state index is 10.4. The monoisotopic (exact) mass is 213 g/mol. The fourth-order valence-electron chi connectivity index (χ4n) is 2.61. The second-order valence-corrected chi connectivity index (χ2v) is 5.13. The van der Waals surface area contributed by atoms with Crippen LogP contribution in [0.3, 0.4) is 0 Å². The van der Waals surface area contributed by atoms with Gasteiger partial charge < -0.3 is 10.4 Å². The van der Waals surface area contributed by atoms with E-state index in [9.17, 15) is 5.11 Å². The summed E-state index contributed by atoms with van der Waals surface area (Å²) in [6, 6.07) is 0. The molecule has 2 atom stereocenters. The number of aliphatic hydroxyl groups is 1. The van der Waals surface area contributed by atoms with Crippen molar-refractivity contribution in [3.63, 3.8) is 0 Å². The Morgan fingerprint density at radius 3 is 2.73 bits per heavy atom. The van der Waals surface area contributed by atoms with E-state index in [1.54, 1.807) is 0 Å². The van der Waals surface area contributed by atoms with Crippen LogP contribution < -0.4 is 5.32 Å². The van der Waals surface area contributed by atoms with Crippen molar-refractivity contribution in [2.24, 2.45) is 5.92 Å². The maximum Gasteiger partial charge on any atom is 0.0774 e. The molecule has 0 bridgehead atoms.